The van der Waals surface area contributed by atoms with E-state index in [9.17, 15) is 17.6 Å². The molecule has 144 valence electrons. The Morgan fingerprint density at radius 1 is 1.19 bits per heavy atom. The monoisotopic (exact) mass is 454 g/mol. The molecule has 1 aliphatic heterocycles. The Labute approximate surface area is 166 Å². The van der Waals surface area contributed by atoms with Gasteiger partial charge in [-0.15, -0.1) is 0 Å². The fraction of sp³-hybridized carbons (Fsp3) is 0.316. The van der Waals surface area contributed by atoms with E-state index in [0.717, 1.165) is 12.0 Å². The summed E-state index contributed by atoms with van der Waals surface area (Å²) < 4.78 is 41.9. The van der Waals surface area contributed by atoms with Crippen molar-refractivity contribution in [2.45, 2.75) is 37.1 Å². The Kier molecular flexibility index (Phi) is 5.98. The summed E-state index contributed by atoms with van der Waals surface area (Å²) in [7, 11) is -3.81. The summed E-state index contributed by atoms with van der Waals surface area (Å²) in [5, 5.41) is 2.53. The van der Waals surface area contributed by atoms with E-state index in [1.807, 2.05) is 6.92 Å². The summed E-state index contributed by atoms with van der Waals surface area (Å²) in [5.41, 5.74) is 0.981. The smallest absolute Gasteiger partial charge is 0.243 e. The highest BCUT2D eigenvalue weighted by atomic mass is 79.9. The van der Waals surface area contributed by atoms with Gasteiger partial charge in [0, 0.05) is 11.0 Å². The number of nitrogens with zero attached hydrogens (tertiary/aromatic N) is 1. The molecule has 2 aromatic carbocycles. The van der Waals surface area contributed by atoms with Crippen LogP contribution in [0.15, 0.2) is 51.8 Å². The summed E-state index contributed by atoms with van der Waals surface area (Å²) in [6.45, 7) is 2.14. The molecule has 0 spiro atoms. The number of amides is 1. The molecule has 1 atom stereocenters. The molecule has 1 N–H and O–H groups in total. The van der Waals surface area contributed by atoms with Crippen LogP contribution in [0.3, 0.4) is 0 Å². The van der Waals surface area contributed by atoms with Crippen molar-refractivity contribution < 1.29 is 17.6 Å². The molecular weight excluding hydrogens is 435 g/mol. The molecule has 1 amide bonds. The second-order valence-corrected chi connectivity index (χ2v) is 9.36. The van der Waals surface area contributed by atoms with E-state index in [-0.39, 0.29) is 17.1 Å². The maximum Gasteiger partial charge on any atom is 0.243 e. The van der Waals surface area contributed by atoms with Crippen molar-refractivity contribution in [3.8, 4) is 0 Å². The Balaban J connectivity index is 1.86. The normalized spacial score (nSPS) is 18.3. The number of nitrogens with one attached hydrogen (secondary N) is 1. The molecule has 0 saturated carbocycles. The van der Waals surface area contributed by atoms with E-state index < -0.39 is 27.8 Å². The summed E-state index contributed by atoms with van der Waals surface area (Å²) in [4.78, 5) is 12.9. The molecule has 27 heavy (non-hydrogen) atoms. The van der Waals surface area contributed by atoms with Crippen LogP contribution in [0.5, 0.6) is 0 Å². The molecule has 0 aliphatic carbocycles. The molecule has 5 nitrogen and oxygen atoms in total. The van der Waals surface area contributed by atoms with E-state index >= 15 is 0 Å². The number of sulfonamides is 1. The van der Waals surface area contributed by atoms with E-state index in [1.165, 1.54) is 16.4 Å². The molecule has 1 saturated heterocycles. The van der Waals surface area contributed by atoms with Crippen molar-refractivity contribution in [2.75, 3.05) is 11.9 Å². The number of carbonyl (C=O) groups excluding carboxylic acids is 1. The zero-order valence-electron chi connectivity index (χ0n) is 14.8. The fourth-order valence-corrected chi connectivity index (χ4v) is 5.10. The lowest BCUT2D eigenvalue weighted by molar-refractivity contribution is -0.120. The van der Waals surface area contributed by atoms with E-state index in [4.69, 9.17) is 0 Å². The summed E-state index contributed by atoms with van der Waals surface area (Å²) in [6, 6.07) is 9.97. The first kappa shape index (κ1) is 20.0. The number of benzene rings is 2. The third-order valence-electron chi connectivity index (χ3n) is 4.57. The van der Waals surface area contributed by atoms with Gasteiger partial charge in [0.25, 0.3) is 0 Å². The van der Waals surface area contributed by atoms with Crippen molar-refractivity contribution in [1.29, 1.82) is 0 Å². The van der Waals surface area contributed by atoms with Crippen LogP contribution >= 0.6 is 15.9 Å². The van der Waals surface area contributed by atoms with Gasteiger partial charge in [0.1, 0.15) is 11.9 Å². The minimum absolute atomic E-state index is 0.0291. The Hall–Kier alpha value is -1.77. The molecule has 0 bridgehead atoms. The summed E-state index contributed by atoms with van der Waals surface area (Å²) in [6.07, 6.45) is 1.82. The predicted octanol–water partition coefficient (Wildman–Crippen LogP) is 4.08. The van der Waals surface area contributed by atoms with Gasteiger partial charge in [0.05, 0.1) is 10.6 Å². The number of piperidine rings is 1. The number of hydrogen-bond donors (Lipinski definition) is 1. The van der Waals surface area contributed by atoms with Gasteiger partial charge in [-0.3, -0.25) is 4.79 Å². The number of carbonyl (C=O) groups is 1. The van der Waals surface area contributed by atoms with Crippen LogP contribution in [0.4, 0.5) is 10.1 Å². The third kappa shape index (κ3) is 4.39. The third-order valence-corrected chi connectivity index (χ3v) is 6.99. The van der Waals surface area contributed by atoms with Crippen LogP contribution in [0.1, 0.15) is 24.8 Å². The Morgan fingerprint density at radius 2 is 1.89 bits per heavy atom. The quantitative estimate of drug-likeness (QED) is 0.756. The molecule has 1 heterocycles. The SMILES string of the molecule is Cc1ccc(S(=O)(=O)N2CCCCC2C(=O)Nc2ccc(Br)cc2F)cc1. The van der Waals surface area contributed by atoms with Crippen molar-refractivity contribution in [3.05, 3.63) is 58.3 Å². The molecule has 0 radical (unpaired) electrons. The molecule has 1 unspecified atom stereocenters. The van der Waals surface area contributed by atoms with Gasteiger partial charge in [-0.05, 0) is 50.1 Å². The summed E-state index contributed by atoms with van der Waals surface area (Å²) >= 11 is 3.17. The highest BCUT2D eigenvalue weighted by Gasteiger charge is 2.37. The van der Waals surface area contributed by atoms with Crippen LogP contribution in [0.2, 0.25) is 0 Å². The van der Waals surface area contributed by atoms with Crippen LogP contribution in [0, 0.1) is 12.7 Å². The van der Waals surface area contributed by atoms with Gasteiger partial charge in [0.2, 0.25) is 15.9 Å². The van der Waals surface area contributed by atoms with E-state index in [2.05, 4.69) is 21.2 Å². The van der Waals surface area contributed by atoms with Gasteiger partial charge in [-0.1, -0.05) is 40.0 Å². The highest BCUT2D eigenvalue weighted by molar-refractivity contribution is 9.10. The van der Waals surface area contributed by atoms with E-state index in [1.54, 1.807) is 30.3 Å². The van der Waals surface area contributed by atoms with Gasteiger partial charge in [-0.2, -0.15) is 4.31 Å². The van der Waals surface area contributed by atoms with Crippen molar-refractivity contribution in [2.24, 2.45) is 0 Å². The zero-order valence-corrected chi connectivity index (χ0v) is 17.2. The second-order valence-electron chi connectivity index (χ2n) is 6.55. The molecular formula is C19H20BrFN2O3S. The first-order valence-electron chi connectivity index (χ1n) is 8.63. The largest absolute Gasteiger partial charge is 0.322 e. The average molecular weight is 455 g/mol. The van der Waals surface area contributed by atoms with Crippen LogP contribution in [0.25, 0.3) is 0 Å². The van der Waals surface area contributed by atoms with Crippen molar-refractivity contribution in [3.63, 3.8) is 0 Å². The molecule has 3 rings (SSSR count). The fourth-order valence-electron chi connectivity index (χ4n) is 3.11. The molecule has 1 fully saturated rings. The van der Waals surface area contributed by atoms with Crippen molar-refractivity contribution in [1.82, 2.24) is 4.31 Å². The van der Waals surface area contributed by atoms with Gasteiger partial charge in [0.15, 0.2) is 0 Å². The maximum absolute atomic E-state index is 14.0. The van der Waals surface area contributed by atoms with E-state index in [0.29, 0.717) is 17.3 Å². The minimum atomic E-state index is -3.81. The van der Waals surface area contributed by atoms with Crippen molar-refractivity contribution >= 4 is 37.5 Å². The highest BCUT2D eigenvalue weighted by Crippen LogP contribution is 2.27. The average Bonchev–Trinajstić information content (AvgIpc) is 2.64. The number of halogens is 2. The molecule has 8 heteroatoms. The number of hydrogen-bond acceptors (Lipinski definition) is 3. The lowest BCUT2D eigenvalue weighted by Crippen LogP contribution is -2.49. The van der Waals surface area contributed by atoms with Gasteiger partial charge < -0.3 is 5.32 Å². The molecule has 0 aromatic heterocycles. The lowest BCUT2D eigenvalue weighted by atomic mass is 10.0. The Morgan fingerprint density at radius 3 is 2.56 bits per heavy atom. The number of anilines is 1. The first-order chi connectivity index (χ1) is 12.8. The first-order valence-corrected chi connectivity index (χ1v) is 10.9. The maximum atomic E-state index is 14.0. The number of rotatable bonds is 4. The Bertz CT molecular complexity index is 948. The summed E-state index contributed by atoms with van der Waals surface area (Å²) in [5.74, 6) is -1.10. The van der Waals surface area contributed by atoms with Crippen LogP contribution in [-0.4, -0.2) is 31.2 Å². The minimum Gasteiger partial charge on any atom is -0.322 e. The van der Waals surface area contributed by atoms with Gasteiger partial charge in [-0.25, -0.2) is 12.8 Å². The second kappa shape index (κ2) is 8.08. The topological polar surface area (TPSA) is 66.5 Å². The molecule has 1 aliphatic rings. The standard InChI is InChI=1S/C19H20BrFN2O3S/c1-13-5-8-15(9-6-13)27(25,26)23-11-3-2-4-18(23)19(24)22-17-10-7-14(20)12-16(17)21/h5-10,12,18H,2-4,11H2,1H3,(H,22,24). The van der Waals surface area contributed by atoms with Crippen LogP contribution in [-0.2, 0) is 14.8 Å². The predicted molar refractivity (Wildman–Crippen MR) is 105 cm³/mol. The van der Waals surface area contributed by atoms with Gasteiger partial charge >= 0.3 is 0 Å². The van der Waals surface area contributed by atoms with Crippen LogP contribution < -0.4 is 5.32 Å². The number of aryl methyl sites for hydroxylation is 1. The zero-order chi connectivity index (χ0) is 19.6. The molecule has 2 aromatic rings. The lowest BCUT2D eigenvalue weighted by Gasteiger charge is -2.33.